The van der Waals surface area contributed by atoms with Crippen molar-refractivity contribution >= 4 is 11.6 Å². The zero-order valence-electron chi connectivity index (χ0n) is 14.9. The van der Waals surface area contributed by atoms with Crippen LogP contribution in [-0.2, 0) is 18.3 Å². The summed E-state index contributed by atoms with van der Waals surface area (Å²) in [4.78, 5) is 12.4. The topological polar surface area (TPSA) is 75.6 Å². The van der Waals surface area contributed by atoms with Crippen LogP contribution in [0.5, 0.6) is 0 Å². The van der Waals surface area contributed by atoms with Gasteiger partial charge < -0.3 is 5.32 Å². The zero-order chi connectivity index (χ0) is 17.1. The van der Waals surface area contributed by atoms with Crippen molar-refractivity contribution in [1.82, 2.24) is 20.0 Å². The summed E-state index contributed by atoms with van der Waals surface area (Å²) in [6, 6.07) is 0. The molecule has 6 heteroatoms. The van der Waals surface area contributed by atoms with Crippen molar-refractivity contribution in [3.05, 3.63) is 28.8 Å². The van der Waals surface area contributed by atoms with Crippen LogP contribution in [0.2, 0.25) is 0 Å². The van der Waals surface area contributed by atoms with Crippen molar-refractivity contribution < 1.29 is 4.79 Å². The third kappa shape index (κ3) is 3.68. The molecule has 0 spiro atoms. The van der Waals surface area contributed by atoms with E-state index in [9.17, 15) is 4.79 Å². The molecule has 1 aliphatic rings. The van der Waals surface area contributed by atoms with E-state index in [2.05, 4.69) is 20.6 Å². The van der Waals surface area contributed by atoms with Gasteiger partial charge in [0, 0.05) is 31.3 Å². The normalized spacial score (nSPS) is 15.6. The lowest BCUT2D eigenvalue weighted by Crippen LogP contribution is -2.15. The lowest BCUT2D eigenvalue weighted by Gasteiger charge is -2.20. The second-order valence-electron chi connectivity index (χ2n) is 6.90. The van der Waals surface area contributed by atoms with E-state index >= 15 is 0 Å². The zero-order valence-corrected chi connectivity index (χ0v) is 14.9. The SMILES string of the molecule is Cc1n[nH]c(C)c1CCC(=O)Nc1cn(C)nc1C1CCCCC1. The number of aryl methyl sites for hydroxylation is 3. The summed E-state index contributed by atoms with van der Waals surface area (Å²) in [5.74, 6) is 0.522. The molecule has 6 nitrogen and oxygen atoms in total. The van der Waals surface area contributed by atoms with Gasteiger partial charge in [0.1, 0.15) is 0 Å². The number of H-pyrrole nitrogens is 1. The van der Waals surface area contributed by atoms with Crippen molar-refractivity contribution in [2.24, 2.45) is 7.05 Å². The third-order valence-electron chi connectivity index (χ3n) is 5.01. The van der Waals surface area contributed by atoms with Crippen molar-refractivity contribution in [1.29, 1.82) is 0 Å². The molecule has 1 fully saturated rings. The van der Waals surface area contributed by atoms with Gasteiger partial charge in [-0.15, -0.1) is 0 Å². The Morgan fingerprint density at radius 3 is 2.75 bits per heavy atom. The highest BCUT2D eigenvalue weighted by Crippen LogP contribution is 2.35. The second kappa shape index (κ2) is 7.20. The van der Waals surface area contributed by atoms with E-state index in [-0.39, 0.29) is 5.91 Å². The molecule has 130 valence electrons. The Balaban J connectivity index is 1.64. The molecule has 0 bridgehead atoms. The Labute approximate surface area is 143 Å². The van der Waals surface area contributed by atoms with E-state index < -0.39 is 0 Å². The molecule has 2 N–H and O–H groups in total. The van der Waals surface area contributed by atoms with E-state index in [0.29, 0.717) is 18.8 Å². The molecule has 2 aromatic rings. The average molecular weight is 329 g/mol. The largest absolute Gasteiger partial charge is 0.323 e. The first-order valence-electron chi connectivity index (χ1n) is 8.88. The van der Waals surface area contributed by atoms with E-state index in [4.69, 9.17) is 0 Å². The van der Waals surface area contributed by atoms with Crippen LogP contribution in [0, 0.1) is 13.8 Å². The van der Waals surface area contributed by atoms with Crippen molar-refractivity contribution in [2.45, 2.75) is 64.7 Å². The average Bonchev–Trinajstić information content (AvgIpc) is 3.09. The molecule has 0 aromatic carbocycles. The number of amides is 1. The molecule has 2 aromatic heterocycles. The maximum atomic E-state index is 12.4. The lowest BCUT2D eigenvalue weighted by molar-refractivity contribution is -0.116. The van der Waals surface area contributed by atoms with Crippen molar-refractivity contribution in [3.63, 3.8) is 0 Å². The number of aromatic amines is 1. The maximum Gasteiger partial charge on any atom is 0.224 e. The molecule has 0 atom stereocenters. The van der Waals surface area contributed by atoms with Gasteiger partial charge in [-0.1, -0.05) is 19.3 Å². The number of carbonyl (C=O) groups excluding carboxylic acids is 1. The summed E-state index contributed by atoms with van der Waals surface area (Å²) in [7, 11) is 1.92. The van der Waals surface area contributed by atoms with Gasteiger partial charge in [0.05, 0.1) is 17.1 Å². The molecule has 3 rings (SSSR count). The van der Waals surface area contributed by atoms with Crippen LogP contribution in [0.1, 0.15) is 67.1 Å². The van der Waals surface area contributed by atoms with Crippen LogP contribution in [0.4, 0.5) is 5.69 Å². The number of carbonyl (C=O) groups is 1. The second-order valence-corrected chi connectivity index (χ2v) is 6.90. The number of hydrogen-bond acceptors (Lipinski definition) is 3. The van der Waals surface area contributed by atoms with Gasteiger partial charge in [-0.25, -0.2) is 0 Å². The predicted octanol–water partition coefficient (Wildman–Crippen LogP) is 3.38. The number of aromatic nitrogens is 4. The third-order valence-corrected chi connectivity index (χ3v) is 5.01. The van der Waals surface area contributed by atoms with Gasteiger partial charge in [-0.3, -0.25) is 14.6 Å². The fourth-order valence-corrected chi connectivity index (χ4v) is 3.67. The van der Waals surface area contributed by atoms with Gasteiger partial charge >= 0.3 is 0 Å². The highest BCUT2D eigenvalue weighted by molar-refractivity contribution is 5.91. The summed E-state index contributed by atoms with van der Waals surface area (Å²) in [5.41, 5.74) is 5.11. The first-order valence-corrected chi connectivity index (χ1v) is 8.88. The highest BCUT2D eigenvalue weighted by atomic mass is 16.1. The number of hydrogen-bond donors (Lipinski definition) is 2. The Bertz CT molecular complexity index is 690. The Morgan fingerprint density at radius 1 is 1.33 bits per heavy atom. The van der Waals surface area contributed by atoms with Gasteiger partial charge in [0.25, 0.3) is 0 Å². The first-order chi connectivity index (χ1) is 11.5. The quantitative estimate of drug-likeness (QED) is 0.883. The van der Waals surface area contributed by atoms with Crippen LogP contribution in [0.3, 0.4) is 0 Å². The summed E-state index contributed by atoms with van der Waals surface area (Å²) in [6.07, 6.45) is 9.27. The number of rotatable bonds is 5. The summed E-state index contributed by atoms with van der Waals surface area (Å²) >= 11 is 0. The Morgan fingerprint density at radius 2 is 2.08 bits per heavy atom. The minimum absolute atomic E-state index is 0.0417. The van der Waals surface area contributed by atoms with Crippen LogP contribution < -0.4 is 5.32 Å². The Hall–Kier alpha value is -2.11. The molecule has 0 saturated heterocycles. The summed E-state index contributed by atoms with van der Waals surface area (Å²) < 4.78 is 1.81. The first kappa shape index (κ1) is 16.7. The molecule has 0 aliphatic heterocycles. The van der Waals surface area contributed by atoms with Gasteiger partial charge in [-0.05, 0) is 38.7 Å². The van der Waals surface area contributed by atoms with Gasteiger partial charge in [0.15, 0.2) is 0 Å². The minimum Gasteiger partial charge on any atom is -0.323 e. The van der Waals surface area contributed by atoms with E-state index in [1.54, 1.807) is 0 Å². The smallest absolute Gasteiger partial charge is 0.224 e. The van der Waals surface area contributed by atoms with Crippen LogP contribution in [-0.4, -0.2) is 25.9 Å². The molecule has 1 saturated carbocycles. The van der Waals surface area contributed by atoms with E-state index in [1.165, 1.54) is 32.1 Å². The van der Waals surface area contributed by atoms with Crippen LogP contribution in [0.25, 0.3) is 0 Å². The fourth-order valence-electron chi connectivity index (χ4n) is 3.67. The fraction of sp³-hybridized carbons (Fsp3) is 0.611. The lowest BCUT2D eigenvalue weighted by atomic mass is 9.86. The molecule has 1 amide bonds. The Kier molecular flexibility index (Phi) is 5.02. The molecular weight excluding hydrogens is 302 g/mol. The maximum absolute atomic E-state index is 12.4. The van der Waals surface area contributed by atoms with Gasteiger partial charge in [0.2, 0.25) is 5.91 Å². The monoisotopic (exact) mass is 329 g/mol. The molecular formula is C18H27N5O. The molecule has 0 radical (unpaired) electrons. The predicted molar refractivity (Wildman–Crippen MR) is 94.0 cm³/mol. The van der Waals surface area contributed by atoms with E-state index in [0.717, 1.165) is 28.3 Å². The van der Waals surface area contributed by atoms with Gasteiger partial charge in [-0.2, -0.15) is 10.2 Å². The highest BCUT2D eigenvalue weighted by Gasteiger charge is 2.22. The van der Waals surface area contributed by atoms with Crippen molar-refractivity contribution in [2.75, 3.05) is 5.32 Å². The standard InChI is InChI=1S/C18H27N5O/c1-12-15(13(2)21-20-12)9-10-17(24)19-16-11-23(3)22-18(16)14-7-5-4-6-8-14/h11,14H,4-10H2,1-3H3,(H,19,24)(H,20,21). The van der Waals surface area contributed by atoms with E-state index in [1.807, 2.05) is 31.8 Å². The number of anilines is 1. The van der Waals surface area contributed by atoms with Crippen molar-refractivity contribution in [3.8, 4) is 0 Å². The molecule has 0 unspecified atom stereocenters. The van der Waals surface area contributed by atoms with Crippen LogP contribution in [0.15, 0.2) is 6.20 Å². The van der Waals surface area contributed by atoms with Crippen LogP contribution >= 0.6 is 0 Å². The number of nitrogens with zero attached hydrogens (tertiary/aromatic N) is 3. The molecule has 24 heavy (non-hydrogen) atoms. The summed E-state index contributed by atoms with van der Waals surface area (Å²) in [5, 5.41) is 14.8. The molecule has 2 heterocycles. The molecule has 1 aliphatic carbocycles. The number of nitrogens with one attached hydrogen (secondary N) is 2. The summed E-state index contributed by atoms with van der Waals surface area (Å²) in [6.45, 7) is 3.97. The minimum atomic E-state index is 0.0417.